The topological polar surface area (TPSA) is 37.8 Å². The van der Waals surface area contributed by atoms with E-state index in [0.29, 0.717) is 5.92 Å². The highest BCUT2D eigenvalue weighted by Crippen LogP contribution is 2.41. The number of aromatic nitrogens is 2. The van der Waals surface area contributed by atoms with Gasteiger partial charge in [0.25, 0.3) is 0 Å². The summed E-state index contributed by atoms with van der Waals surface area (Å²) in [4.78, 5) is 8.95. The summed E-state index contributed by atoms with van der Waals surface area (Å²) in [5.41, 5.74) is 1.27. The van der Waals surface area contributed by atoms with E-state index in [0.717, 1.165) is 18.6 Å². The Kier molecular flexibility index (Phi) is 2.64. The first-order chi connectivity index (χ1) is 8.22. The molecule has 1 fully saturated rings. The summed E-state index contributed by atoms with van der Waals surface area (Å²) in [5.74, 6) is 0.617. The first-order valence-electron chi connectivity index (χ1n) is 6.14. The van der Waals surface area contributed by atoms with E-state index in [4.69, 9.17) is 4.98 Å². The van der Waals surface area contributed by atoms with Gasteiger partial charge in [0.05, 0.1) is 16.4 Å². The molecule has 90 valence electrons. The molecule has 0 radical (unpaired) electrons. The lowest BCUT2D eigenvalue weighted by Gasteiger charge is -2.30. The summed E-state index contributed by atoms with van der Waals surface area (Å²) in [6.07, 6.45) is 4.91. The summed E-state index contributed by atoms with van der Waals surface area (Å²) < 4.78 is 1.25. The molecule has 1 aliphatic heterocycles. The van der Waals surface area contributed by atoms with Crippen molar-refractivity contribution < 1.29 is 0 Å². The molecule has 1 aliphatic rings. The fourth-order valence-corrected chi connectivity index (χ4v) is 3.92. The largest absolute Gasteiger partial charge is 0.316 e. The normalized spacial score (nSPS) is 24.9. The first-order valence-corrected chi connectivity index (χ1v) is 6.96. The molecule has 2 aromatic rings. The maximum atomic E-state index is 4.80. The molecular formula is C13H17N3S. The minimum Gasteiger partial charge on any atom is -0.316 e. The van der Waals surface area contributed by atoms with Crippen LogP contribution in [0, 0.1) is 5.92 Å². The van der Waals surface area contributed by atoms with E-state index < -0.39 is 0 Å². The monoisotopic (exact) mass is 247 g/mol. The van der Waals surface area contributed by atoms with Gasteiger partial charge >= 0.3 is 0 Å². The van der Waals surface area contributed by atoms with Gasteiger partial charge in [-0.15, -0.1) is 11.3 Å². The number of pyridine rings is 1. The Hall–Kier alpha value is -1.00. The van der Waals surface area contributed by atoms with Gasteiger partial charge in [0, 0.05) is 18.2 Å². The third-order valence-electron chi connectivity index (χ3n) is 3.91. The predicted octanol–water partition coefficient (Wildman–Crippen LogP) is 2.58. The number of hydrogen-bond donors (Lipinski definition) is 1. The Bertz CT molecular complexity index is 493. The summed E-state index contributed by atoms with van der Waals surface area (Å²) in [6, 6.07) is 2.06. The summed E-state index contributed by atoms with van der Waals surface area (Å²) >= 11 is 1.83. The molecule has 1 saturated heterocycles. The zero-order valence-electron chi connectivity index (χ0n) is 10.2. The molecular weight excluding hydrogens is 230 g/mol. The van der Waals surface area contributed by atoms with Crippen LogP contribution in [0.2, 0.25) is 0 Å². The molecule has 0 aromatic carbocycles. The molecule has 3 rings (SSSR count). The smallest absolute Gasteiger partial charge is 0.102 e. The van der Waals surface area contributed by atoms with E-state index in [-0.39, 0.29) is 5.41 Å². The van der Waals surface area contributed by atoms with Crippen LogP contribution in [0.1, 0.15) is 25.3 Å². The molecule has 0 amide bonds. The second kappa shape index (κ2) is 4.03. The molecule has 0 bridgehead atoms. The number of nitrogens with zero attached hydrogens (tertiary/aromatic N) is 2. The standard InChI is InChI=1S/C13H17N3S/c1-9(2)13(4-6-15-8-13)12-16-10-7-14-5-3-11(10)17-12/h3,5,7,9,15H,4,6,8H2,1-2H3. The van der Waals surface area contributed by atoms with Crippen molar-refractivity contribution in [1.29, 1.82) is 0 Å². The van der Waals surface area contributed by atoms with E-state index >= 15 is 0 Å². The lowest BCUT2D eigenvalue weighted by molar-refractivity contribution is 0.336. The van der Waals surface area contributed by atoms with E-state index in [9.17, 15) is 0 Å². The molecule has 0 saturated carbocycles. The van der Waals surface area contributed by atoms with E-state index in [2.05, 4.69) is 30.2 Å². The van der Waals surface area contributed by atoms with Crippen LogP contribution in [0.4, 0.5) is 0 Å². The van der Waals surface area contributed by atoms with Gasteiger partial charge in [-0.3, -0.25) is 4.98 Å². The summed E-state index contributed by atoms with van der Waals surface area (Å²) in [7, 11) is 0. The van der Waals surface area contributed by atoms with Crippen LogP contribution in [0.25, 0.3) is 10.2 Å². The van der Waals surface area contributed by atoms with Gasteiger partial charge in [0.1, 0.15) is 5.01 Å². The van der Waals surface area contributed by atoms with Crippen molar-refractivity contribution in [3.8, 4) is 0 Å². The molecule has 1 N–H and O–H groups in total. The second-order valence-electron chi connectivity index (χ2n) is 5.10. The van der Waals surface area contributed by atoms with Gasteiger partial charge in [0.2, 0.25) is 0 Å². The maximum Gasteiger partial charge on any atom is 0.102 e. The molecule has 1 unspecified atom stereocenters. The van der Waals surface area contributed by atoms with Crippen molar-refractivity contribution in [3.05, 3.63) is 23.5 Å². The maximum absolute atomic E-state index is 4.80. The third kappa shape index (κ3) is 1.67. The minimum absolute atomic E-state index is 0.226. The van der Waals surface area contributed by atoms with Crippen molar-refractivity contribution in [2.24, 2.45) is 5.92 Å². The number of hydrogen-bond acceptors (Lipinski definition) is 4. The van der Waals surface area contributed by atoms with Crippen LogP contribution in [0.5, 0.6) is 0 Å². The van der Waals surface area contributed by atoms with Crippen LogP contribution in [-0.4, -0.2) is 23.1 Å². The molecule has 17 heavy (non-hydrogen) atoms. The van der Waals surface area contributed by atoms with Gasteiger partial charge in [-0.2, -0.15) is 0 Å². The van der Waals surface area contributed by atoms with Crippen molar-refractivity contribution >= 4 is 21.6 Å². The molecule has 2 aromatic heterocycles. The van der Waals surface area contributed by atoms with Crippen LogP contribution in [0.15, 0.2) is 18.5 Å². The van der Waals surface area contributed by atoms with Gasteiger partial charge in [-0.1, -0.05) is 13.8 Å². The zero-order valence-corrected chi connectivity index (χ0v) is 11.0. The van der Waals surface area contributed by atoms with Gasteiger partial charge in [-0.05, 0) is 24.9 Å². The fourth-order valence-electron chi connectivity index (χ4n) is 2.63. The molecule has 0 aliphatic carbocycles. The zero-order chi connectivity index (χ0) is 11.9. The number of thiazole rings is 1. The minimum atomic E-state index is 0.226. The summed E-state index contributed by atoms with van der Waals surface area (Å²) in [5, 5.41) is 4.77. The highest BCUT2D eigenvalue weighted by Gasteiger charge is 2.41. The fraction of sp³-hybridized carbons (Fsp3) is 0.538. The van der Waals surface area contributed by atoms with Gasteiger partial charge in [-0.25, -0.2) is 4.98 Å². The first kappa shape index (κ1) is 11.1. The van der Waals surface area contributed by atoms with Crippen LogP contribution < -0.4 is 5.32 Å². The van der Waals surface area contributed by atoms with Crippen LogP contribution in [-0.2, 0) is 5.41 Å². The Morgan fingerprint density at radius 2 is 2.35 bits per heavy atom. The molecule has 1 atom stereocenters. The van der Waals surface area contributed by atoms with E-state index in [1.807, 2.05) is 23.7 Å². The Morgan fingerprint density at radius 3 is 3.00 bits per heavy atom. The molecule has 3 nitrogen and oxygen atoms in total. The van der Waals surface area contributed by atoms with Crippen LogP contribution in [0.3, 0.4) is 0 Å². The van der Waals surface area contributed by atoms with Crippen molar-refractivity contribution in [1.82, 2.24) is 15.3 Å². The molecule has 4 heteroatoms. The quantitative estimate of drug-likeness (QED) is 0.886. The Balaban J connectivity index is 2.12. The Morgan fingerprint density at radius 1 is 1.47 bits per heavy atom. The van der Waals surface area contributed by atoms with Gasteiger partial charge in [0.15, 0.2) is 0 Å². The van der Waals surface area contributed by atoms with Gasteiger partial charge < -0.3 is 5.32 Å². The van der Waals surface area contributed by atoms with E-state index in [1.165, 1.54) is 16.1 Å². The second-order valence-corrected chi connectivity index (χ2v) is 6.13. The van der Waals surface area contributed by atoms with E-state index in [1.54, 1.807) is 0 Å². The van der Waals surface area contributed by atoms with Crippen LogP contribution >= 0.6 is 11.3 Å². The van der Waals surface area contributed by atoms with Crippen molar-refractivity contribution in [2.75, 3.05) is 13.1 Å². The highest BCUT2D eigenvalue weighted by atomic mass is 32.1. The number of rotatable bonds is 2. The lowest BCUT2D eigenvalue weighted by atomic mass is 9.77. The average Bonchev–Trinajstić information content (AvgIpc) is 2.96. The number of nitrogens with one attached hydrogen (secondary N) is 1. The molecule has 3 heterocycles. The predicted molar refractivity (Wildman–Crippen MR) is 71.4 cm³/mol. The number of fused-ring (bicyclic) bond motifs is 1. The Labute approximate surface area is 105 Å². The average molecular weight is 247 g/mol. The van der Waals surface area contributed by atoms with Crippen molar-refractivity contribution in [2.45, 2.75) is 25.7 Å². The highest BCUT2D eigenvalue weighted by molar-refractivity contribution is 7.18. The third-order valence-corrected chi connectivity index (χ3v) is 5.17. The lowest BCUT2D eigenvalue weighted by Crippen LogP contribution is -2.34. The SMILES string of the molecule is CC(C)C1(c2nc3cnccc3s2)CCNC1. The summed E-state index contributed by atoms with van der Waals surface area (Å²) in [6.45, 7) is 6.76. The van der Waals surface area contributed by atoms with Crippen molar-refractivity contribution in [3.63, 3.8) is 0 Å². The molecule has 0 spiro atoms.